The molecule has 0 bridgehead atoms. The van der Waals surface area contributed by atoms with Gasteiger partial charge in [-0.25, -0.2) is 4.79 Å². The lowest BCUT2D eigenvalue weighted by Gasteiger charge is -2.41. The smallest absolute Gasteiger partial charge is 0.322 e. The molecule has 2 fully saturated rings. The lowest BCUT2D eigenvalue weighted by Crippen LogP contribution is -2.56. The van der Waals surface area contributed by atoms with Crippen LogP contribution in [0.25, 0.3) is 10.9 Å². The number of hydrogen-bond acceptors (Lipinski definition) is 5. The van der Waals surface area contributed by atoms with E-state index in [1.54, 1.807) is 11.1 Å². The predicted molar refractivity (Wildman–Crippen MR) is 124 cm³/mol. The van der Waals surface area contributed by atoms with Gasteiger partial charge in [0.25, 0.3) is 11.5 Å². The molecule has 5 rings (SSSR count). The Morgan fingerprint density at radius 3 is 2.48 bits per heavy atom. The van der Waals surface area contributed by atoms with Crippen LogP contribution >= 0.6 is 0 Å². The van der Waals surface area contributed by atoms with Crippen LogP contribution in [0.5, 0.6) is 0 Å². The maximum absolute atomic E-state index is 13.5. The summed E-state index contributed by atoms with van der Waals surface area (Å²) in [7, 11) is 0. The van der Waals surface area contributed by atoms with E-state index in [4.69, 9.17) is 0 Å². The van der Waals surface area contributed by atoms with E-state index in [2.05, 4.69) is 14.9 Å². The summed E-state index contributed by atoms with van der Waals surface area (Å²) in [5.41, 5.74) is 1.33. The normalized spacial score (nSPS) is 18.6. The molecule has 4 heterocycles. The SMILES string of the molecule is CCN1C(=O)N(Cc2ccccn2)C(=O)C12CCN(Cc1cc3ccccc3[nH]c1=O)CC2. The molecule has 1 N–H and O–H groups in total. The third-order valence-corrected chi connectivity index (χ3v) is 6.89. The standard InChI is InChI=1S/C25H27N5O3/c1-2-30-24(33)29(17-20-8-5-6-12-26-20)23(32)25(30)10-13-28(14-11-25)16-19-15-18-7-3-4-9-21(18)27-22(19)31/h3-9,12,15H,2,10-11,13-14,16-17H2,1H3,(H,27,31). The third-order valence-electron chi connectivity index (χ3n) is 6.89. The Bertz CT molecular complexity index is 1250. The average molecular weight is 446 g/mol. The molecule has 2 saturated heterocycles. The summed E-state index contributed by atoms with van der Waals surface area (Å²) in [6, 6.07) is 14.9. The Morgan fingerprint density at radius 2 is 1.76 bits per heavy atom. The van der Waals surface area contributed by atoms with Crippen LogP contribution in [-0.2, 0) is 17.9 Å². The minimum Gasteiger partial charge on any atom is -0.322 e. The number of H-pyrrole nitrogens is 1. The van der Waals surface area contributed by atoms with Gasteiger partial charge in [-0.2, -0.15) is 0 Å². The van der Waals surface area contributed by atoms with Gasteiger partial charge in [0.05, 0.1) is 12.2 Å². The van der Waals surface area contributed by atoms with Crippen molar-refractivity contribution in [3.8, 4) is 0 Å². The summed E-state index contributed by atoms with van der Waals surface area (Å²) >= 11 is 0. The van der Waals surface area contributed by atoms with E-state index < -0.39 is 5.54 Å². The molecule has 2 aliphatic rings. The predicted octanol–water partition coefficient (Wildman–Crippen LogP) is 2.74. The first-order valence-electron chi connectivity index (χ1n) is 11.4. The van der Waals surface area contributed by atoms with Crippen molar-refractivity contribution in [1.82, 2.24) is 24.7 Å². The summed E-state index contributed by atoms with van der Waals surface area (Å²) < 4.78 is 0. The maximum Gasteiger partial charge on any atom is 0.328 e. The lowest BCUT2D eigenvalue weighted by atomic mass is 9.85. The molecule has 0 atom stereocenters. The number of aromatic amines is 1. The van der Waals surface area contributed by atoms with E-state index in [0.29, 0.717) is 50.3 Å². The molecule has 3 aromatic rings. The van der Waals surface area contributed by atoms with E-state index in [0.717, 1.165) is 10.9 Å². The number of piperidine rings is 1. The van der Waals surface area contributed by atoms with Crippen molar-refractivity contribution in [2.75, 3.05) is 19.6 Å². The number of urea groups is 1. The van der Waals surface area contributed by atoms with E-state index in [9.17, 15) is 14.4 Å². The first-order valence-corrected chi connectivity index (χ1v) is 11.4. The summed E-state index contributed by atoms with van der Waals surface area (Å²) in [5, 5.41) is 1.000. The lowest BCUT2D eigenvalue weighted by molar-refractivity contribution is -0.136. The Hall–Kier alpha value is -3.52. The van der Waals surface area contributed by atoms with Crippen LogP contribution in [0.2, 0.25) is 0 Å². The van der Waals surface area contributed by atoms with Gasteiger partial charge in [0.1, 0.15) is 5.54 Å². The highest BCUT2D eigenvalue weighted by molar-refractivity contribution is 6.07. The van der Waals surface area contributed by atoms with Crippen LogP contribution in [0, 0.1) is 0 Å². The van der Waals surface area contributed by atoms with Crippen LogP contribution in [-0.4, -0.2) is 61.8 Å². The van der Waals surface area contributed by atoms with Gasteiger partial charge in [-0.3, -0.25) is 24.4 Å². The van der Waals surface area contributed by atoms with Crippen molar-refractivity contribution in [2.24, 2.45) is 0 Å². The van der Waals surface area contributed by atoms with Crippen molar-refractivity contribution in [3.05, 3.63) is 76.3 Å². The van der Waals surface area contributed by atoms with E-state index in [-0.39, 0.29) is 24.0 Å². The van der Waals surface area contributed by atoms with Crippen LogP contribution in [0.15, 0.2) is 59.5 Å². The molecule has 8 nitrogen and oxygen atoms in total. The molecule has 33 heavy (non-hydrogen) atoms. The van der Waals surface area contributed by atoms with E-state index >= 15 is 0 Å². The van der Waals surface area contributed by atoms with E-state index in [1.165, 1.54) is 4.90 Å². The van der Waals surface area contributed by atoms with Crippen LogP contribution < -0.4 is 5.56 Å². The number of nitrogens with zero attached hydrogens (tertiary/aromatic N) is 4. The van der Waals surface area contributed by atoms with Crippen LogP contribution in [0.4, 0.5) is 4.79 Å². The van der Waals surface area contributed by atoms with Gasteiger partial charge >= 0.3 is 6.03 Å². The first-order chi connectivity index (χ1) is 16.0. The molecule has 0 radical (unpaired) electrons. The third kappa shape index (κ3) is 3.70. The van der Waals surface area contributed by atoms with Gasteiger partial charge in [-0.05, 0) is 49.4 Å². The molecular weight excluding hydrogens is 418 g/mol. The van der Waals surface area contributed by atoms with Crippen molar-refractivity contribution in [1.29, 1.82) is 0 Å². The number of benzene rings is 1. The number of carbonyl (C=O) groups is 2. The summed E-state index contributed by atoms with van der Waals surface area (Å²) in [4.78, 5) is 51.7. The highest BCUT2D eigenvalue weighted by Gasteiger charge is 2.57. The summed E-state index contributed by atoms with van der Waals surface area (Å²) in [6.45, 7) is 4.37. The summed E-state index contributed by atoms with van der Waals surface area (Å²) in [6.07, 6.45) is 2.77. The van der Waals surface area contributed by atoms with Crippen LogP contribution in [0.3, 0.4) is 0 Å². The second kappa shape index (κ2) is 8.44. The Balaban J connectivity index is 1.32. The van der Waals surface area contributed by atoms with E-state index in [1.807, 2.05) is 55.5 Å². The van der Waals surface area contributed by atoms with Gasteiger partial charge in [-0.15, -0.1) is 0 Å². The highest BCUT2D eigenvalue weighted by atomic mass is 16.2. The Morgan fingerprint density at radius 1 is 1.00 bits per heavy atom. The second-order valence-corrected chi connectivity index (χ2v) is 8.76. The van der Waals surface area contributed by atoms with Gasteiger partial charge in [0, 0.05) is 43.5 Å². The zero-order chi connectivity index (χ0) is 23.0. The first kappa shape index (κ1) is 21.3. The topological polar surface area (TPSA) is 89.6 Å². The van der Waals surface area contributed by atoms with Gasteiger partial charge < -0.3 is 9.88 Å². The molecule has 0 aliphatic carbocycles. The fourth-order valence-corrected chi connectivity index (χ4v) is 5.13. The Labute approximate surface area is 191 Å². The number of aromatic nitrogens is 2. The molecule has 2 aromatic heterocycles. The molecule has 1 spiro atoms. The number of para-hydroxylation sites is 1. The number of imide groups is 1. The number of hydrogen-bond donors (Lipinski definition) is 1. The maximum atomic E-state index is 13.5. The number of nitrogens with one attached hydrogen (secondary N) is 1. The van der Waals surface area contributed by atoms with Crippen molar-refractivity contribution < 1.29 is 9.59 Å². The number of carbonyl (C=O) groups excluding carboxylic acids is 2. The average Bonchev–Trinajstić information content (AvgIpc) is 3.02. The Kier molecular flexibility index (Phi) is 5.46. The molecule has 1 aromatic carbocycles. The molecule has 2 aliphatic heterocycles. The van der Waals surface area contributed by atoms with Crippen molar-refractivity contribution in [3.63, 3.8) is 0 Å². The van der Waals surface area contributed by atoms with Crippen LogP contribution in [0.1, 0.15) is 31.0 Å². The van der Waals surface area contributed by atoms with Gasteiger partial charge in [-0.1, -0.05) is 24.3 Å². The molecule has 170 valence electrons. The molecule has 8 heteroatoms. The van der Waals surface area contributed by atoms with Gasteiger partial charge in [0.15, 0.2) is 0 Å². The fourth-order valence-electron chi connectivity index (χ4n) is 5.13. The zero-order valence-electron chi connectivity index (χ0n) is 18.7. The quantitative estimate of drug-likeness (QED) is 0.610. The molecular formula is C25H27N5O3. The number of pyridine rings is 2. The number of likely N-dealkylation sites (N-methyl/N-ethyl adjacent to an activating group) is 1. The molecule has 0 unspecified atom stereocenters. The largest absolute Gasteiger partial charge is 0.328 e. The molecule has 3 amide bonds. The number of fused-ring (bicyclic) bond motifs is 1. The van der Waals surface area contributed by atoms with Crippen molar-refractivity contribution in [2.45, 2.75) is 38.4 Å². The van der Waals surface area contributed by atoms with Crippen molar-refractivity contribution >= 4 is 22.8 Å². The summed E-state index contributed by atoms with van der Waals surface area (Å²) in [5.74, 6) is -0.136. The van der Waals surface area contributed by atoms with Gasteiger partial charge in [0.2, 0.25) is 0 Å². The minimum absolute atomic E-state index is 0.0853. The molecule has 0 saturated carbocycles. The number of rotatable bonds is 5. The second-order valence-electron chi connectivity index (χ2n) is 8.76. The fraction of sp³-hybridized carbons (Fsp3) is 0.360. The highest BCUT2D eigenvalue weighted by Crippen LogP contribution is 2.38. The monoisotopic (exact) mass is 445 g/mol. The number of amides is 3. The minimum atomic E-state index is -0.813. The number of likely N-dealkylation sites (tertiary alicyclic amines) is 1. The zero-order valence-corrected chi connectivity index (χ0v) is 18.7.